The number of urea groups is 1. The minimum absolute atomic E-state index is 0.0584. The summed E-state index contributed by atoms with van der Waals surface area (Å²) in [6, 6.07) is 13.4. The Hall–Kier alpha value is -2.93. The molecule has 0 bridgehead atoms. The number of nitro groups is 1. The number of hydrogen-bond donors (Lipinski definition) is 3. The SMILES string of the molecule is Cc1ccc(NC(=O)NCC(O)Cc2ccccc2)cc1[N+](=O)[O-]. The number of nitro benzene ring substituents is 1. The van der Waals surface area contributed by atoms with Crippen molar-refractivity contribution in [2.24, 2.45) is 0 Å². The molecule has 3 N–H and O–H groups in total. The molecule has 0 radical (unpaired) electrons. The van der Waals surface area contributed by atoms with Crippen LogP contribution in [0.25, 0.3) is 0 Å². The fourth-order valence-electron chi connectivity index (χ4n) is 2.23. The summed E-state index contributed by atoms with van der Waals surface area (Å²) in [6.07, 6.45) is -0.289. The highest BCUT2D eigenvalue weighted by Gasteiger charge is 2.13. The zero-order valence-corrected chi connectivity index (χ0v) is 13.2. The number of aryl methyl sites for hydroxylation is 1. The molecule has 7 heteroatoms. The van der Waals surface area contributed by atoms with Crippen LogP contribution in [0.15, 0.2) is 48.5 Å². The van der Waals surface area contributed by atoms with Crippen LogP contribution in [0.3, 0.4) is 0 Å². The number of nitrogens with one attached hydrogen (secondary N) is 2. The molecule has 24 heavy (non-hydrogen) atoms. The predicted octanol–water partition coefficient (Wildman–Crippen LogP) is 2.63. The number of aliphatic hydroxyl groups excluding tert-OH is 1. The second-order valence-corrected chi connectivity index (χ2v) is 5.44. The topological polar surface area (TPSA) is 104 Å². The summed E-state index contributed by atoms with van der Waals surface area (Å²) in [7, 11) is 0. The van der Waals surface area contributed by atoms with Gasteiger partial charge in [0.05, 0.1) is 11.0 Å². The van der Waals surface area contributed by atoms with E-state index in [-0.39, 0.29) is 12.2 Å². The van der Waals surface area contributed by atoms with E-state index in [1.807, 2.05) is 30.3 Å². The molecule has 0 aliphatic carbocycles. The highest BCUT2D eigenvalue weighted by Crippen LogP contribution is 2.22. The maximum absolute atomic E-state index is 11.8. The van der Waals surface area contributed by atoms with Gasteiger partial charge in [-0.05, 0) is 18.6 Å². The summed E-state index contributed by atoms with van der Waals surface area (Å²) in [6.45, 7) is 1.70. The van der Waals surface area contributed by atoms with Crippen molar-refractivity contribution < 1.29 is 14.8 Å². The van der Waals surface area contributed by atoms with Crippen LogP contribution in [-0.4, -0.2) is 28.7 Å². The van der Waals surface area contributed by atoms with Crippen molar-refractivity contribution in [3.63, 3.8) is 0 Å². The molecule has 0 saturated heterocycles. The van der Waals surface area contributed by atoms with E-state index in [0.29, 0.717) is 17.7 Å². The first-order valence-electron chi connectivity index (χ1n) is 7.47. The van der Waals surface area contributed by atoms with Gasteiger partial charge in [-0.2, -0.15) is 0 Å². The summed E-state index contributed by atoms with van der Waals surface area (Å²) in [4.78, 5) is 22.2. The predicted molar refractivity (Wildman–Crippen MR) is 91.0 cm³/mol. The molecule has 2 amide bonds. The van der Waals surface area contributed by atoms with Crippen LogP contribution >= 0.6 is 0 Å². The Kier molecular flexibility index (Phi) is 5.86. The van der Waals surface area contributed by atoms with E-state index in [9.17, 15) is 20.0 Å². The summed E-state index contributed by atoms with van der Waals surface area (Å²) in [5, 5.41) is 25.9. The Bertz CT molecular complexity index is 719. The van der Waals surface area contributed by atoms with Gasteiger partial charge in [0.2, 0.25) is 0 Å². The van der Waals surface area contributed by atoms with Crippen LogP contribution in [0, 0.1) is 17.0 Å². The molecule has 0 heterocycles. The van der Waals surface area contributed by atoms with E-state index < -0.39 is 17.1 Å². The van der Waals surface area contributed by atoms with Crippen molar-refractivity contribution in [1.29, 1.82) is 0 Å². The Morgan fingerprint density at radius 2 is 1.96 bits per heavy atom. The van der Waals surface area contributed by atoms with E-state index >= 15 is 0 Å². The molecule has 7 nitrogen and oxygen atoms in total. The summed E-state index contributed by atoms with van der Waals surface area (Å²) in [5.41, 5.74) is 1.75. The van der Waals surface area contributed by atoms with Gasteiger partial charge < -0.3 is 15.7 Å². The fraction of sp³-hybridized carbons (Fsp3) is 0.235. The van der Waals surface area contributed by atoms with Crippen LogP contribution in [0.2, 0.25) is 0 Å². The maximum atomic E-state index is 11.8. The number of amides is 2. The maximum Gasteiger partial charge on any atom is 0.319 e. The van der Waals surface area contributed by atoms with E-state index in [4.69, 9.17) is 0 Å². The van der Waals surface area contributed by atoms with Gasteiger partial charge in [0.15, 0.2) is 0 Å². The lowest BCUT2D eigenvalue weighted by molar-refractivity contribution is -0.385. The standard InChI is InChI=1S/C17H19N3O4/c1-12-7-8-14(10-16(12)20(23)24)19-17(22)18-11-15(21)9-13-5-3-2-4-6-13/h2-8,10,15,21H,9,11H2,1H3,(H2,18,19,22). The van der Waals surface area contributed by atoms with Gasteiger partial charge in [0.25, 0.3) is 5.69 Å². The number of aliphatic hydroxyl groups is 1. The van der Waals surface area contributed by atoms with Crippen LogP contribution in [0.5, 0.6) is 0 Å². The number of benzene rings is 2. The number of nitrogens with zero attached hydrogens (tertiary/aromatic N) is 1. The molecule has 126 valence electrons. The first-order chi connectivity index (χ1) is 11.5. The Balaban J connectivity index is 1.85. The van der Waals surface area contributed by atoms with Gasteiger partial charge in [0.1, 0.15) is 0 Å². The number of rotatable bonds is 6. The molecule has 0 aliphatic heterocycles. The number of carbonyl (C=O) groups is 1. The number of hydrogen-bond acceptors (Lipinski definition) is 4. The third-order valence-electron chi connectivity index (χ3n) is 3.48. The average molecular weight is 329 g/mol. The monoisotopic (exact) mass is 329 g/mol. The average Bonchev–Trinajstić information content (AvgIpc) is 2.55. The molecule has 1 unspecified atom stereocenters. The van der Waals surface area contributed by atoms with Gasteiger partial charge in [-0.25, -0.2) is 4.79 Å². The normalized spacial score (nSPS) is 11.6. The van der Waals surface area contributed by atoms with E-state index in [0.717, 1.165) is 5.56 Å². The first-order valence-corrected chi connectivity index (χ1v) is 7.47. The van der Waals surface area contributed by atoms with Gasteiger partial charge >= 0.3 is 6.03 Å². The molecule has 2 aromatic carbocycles. The van der Waals surface area contributed by atoms with Gasteiger partial charge in [-0.3, -0.25) is 10.1 Å². The van der Waals surface area contributed by atoms with E-state index in [1.165, 1.54) is 6.07 Å². The molecule has 0 fully saturated rings. The van der Waals surface area contributed by atoms with Crippen molar-refractivity contribution in [2.75, 3.05) is 11.9 Å². The lowest BCUT2D eigenvalue weighted by Crippen LogP contribution is -2.36. The molecule has 2 rings (SSSR count). The minimum atomic E-state index is -0.717. The van der Waals surface area contributed by atoms with E-state index in [2.05, 4.69) is 10.6 Å². The summed E-state index contributed by atoms with van der Waals surface area (Å²) < 4.78 is 0. The lowest BCUT2D eigenvalue weighted by Gasteiger charge is -2.13. The van der Waals surface area contributed by atoms with Crippen molar-refractivity contribution in [3.05, 3.63) is 69.8 Å². The smallest absolute Gasteiger partial charge is 0.319 e. The fourth-order valence-corrected chi connectivity index (χ4v) is 2.23. The second-order valence-electron chi connectivity index (χ2n) is 5.44. The van der Waals surface area contributed by atoms with Crippen LogP contribution < -0.4 is 10.6 Å². The van der Waals surface area contributed by atoms with Gasteiger partial charge in [-0.15, -0.1) is 0 Å². The third kappa shape index (κ3) is 5.06. The minimum Gasteiger partial charge on any atom is -0.391 e. The zero-order chi connectivity index (χ0) is 17.5. The molecule has 0 saturated carbocycles. The number of anilines is 1. The lowest BCUT2D eigenvalue weighted by atomic mass is 10.1. The Morgan fingerprint density at radius 3 is 2.62 bits per heavy atom. The number of carbonyl (C=O) groups excluding carboxylic acids is 1. The van der Waals surface area contributed by atoms with Gasteiger partial charge in [0, 0.05) is 30.3 Å². The third-order valence-corrected chi connectivity index (χ3v) is 3.48. The van der Waals surface area contributed by atoms with Crippen LogP contribution in [-0.2, 0) is 6.42 Å². The Morgan fingerprint density at radius 1 is 1.25 bits per heavy atom. The van der Waals surface area contributed by atoms with Crippen LogP contribution in [0.1, 0.15) is 11.1 Å². The highest BCUT2D eigenvalue weighted by molar-refractivity contribution is 5.89. The van der Waals surface area contributed by atoms with Crippen molar-refractivity contribution in [3.8, 4) is 0 Å². The van der Waals surface area contributed by atoms with Crippen molar-refractivity contribution in [1.82, 2.24) is 5.32 Å². The molecule has 2 aromatic rings. The largest absolute Gasteiger partial charge is 0.391 e. The molecule has 0 aromatic heterocycles. The Labute approximate surface area is 139 Å². The zero-order valence-electron chi connectivity index (χ0n) is 13.2. The quantitative estimate of drug-likeness (QED) is 0.559. The van der Waals surface area contributed by atoms with Gasteiger partial charge in [-0.1, -0.05) is 36.4 Å². The first kappa shape index (κ1) is 17.4. The van der Waals surface area contributed by atoms with Crippen molar-refractivity contribution >= 4 is 17.4 Å². The summed E-state index contributed by atoms with van der Waals surface area (Å²) >= 11 is 0. The molecule has 1 atom stereocenters. The second kappa shape index (κ2) is 8.07. The highest BCUT2D eigenvalue weighted by atomic mass is 16.6. The molecule has 0 spiro atoms. The van der Waals surface area contributed by atoms with Crippen LogP contribution in [0.4, 0.5) is 16.2 Å². The summed E-state index contributed by atoms with van der Waals surface area (Å²) in [5.74, 6) is 0. The van der Waals surface area contributed by atoms with Crippen molar-refractivity contribution in [2.45, 2.75) is 19.4 Å². The van der Waals surface area contributed by atoms with E-state index in [1.54, 1.807) is 19.1 Å². The molecular weight excluding hydrogens is 310 g/mol. The molecule has 0 aliphatic rings. The molecular formula is C17H19N3O4.